The molecule has 0 saturated heterocycles. The van der Waals surface area contributed by atoms with Crippen LogP contribution in [0.4, 0.5) is 4.79 Å². The Morgan fingerprint density at radius 1 is 1.27 bits per heavy atom. The summed E-state index contributed by atoms with van der Waals surface area (Å²) in [4.78, 5) is 11.2. The molecular weight excluding hydrogens is 188 g/mol. The Bertz CT molecular complexity index is 347. The van der Waals surface area contributed by atoms with Crippen molar-refractivity contribution in [2.75, 3.05) is 6.54 Å². The lowest BCUT2D eigenvalue weighted by atomic mass is 10.1. The quantitative estimate of drug-likeness (QED) is 0.781. The number of carbonyl (C=O) groups is 1. The van der Waals surface area contributed by atoms with Crippen LogP contribution in [0.2, 0.25) is 0 Å². The molecule has 0 heterocycles. The van der Waals surface area contributed by atoms with Gasteiger partial charge < -0.3 is 10.6 Å². The molecule has 0 fully saturated rings. The third-order valence-electron chi connectivity index (χ3n) is 2.28. The van der Waals surface area contributed by atoms with E-state index in [1.807, 2.05) is 13.8 Å². The summed E-state index contributed by atoms with van der Waals surface area (Å²) in [7, 11) is 0. The summed E-state index contributed by atoms with van der Waals surface area (Å²) < 4.78 is 0. The van der Waals surface area contributed by atoms with Gasteiger partial charge in [-0.15, -0.1) is 0 Å². The molecule has 3 nitrogen and oxygen atoms in total. The van der Waals surface area contributed by atoms with E-state index in [-0.39, 0.29) is 6.03 Å². The van der Waals surface area contributed by atoms with Gasteiger partial charge in [0.05, 0.1) is 0 Å². The first-order chi connectivity index (χ1) is 7.13. The van der Waals surface area contributed by atoms with Crippen LogP contribution in [0.3, 0.4) is 0 Å². The van der Waals surface area contributed by atoms with Crippen molar-refractivity contribution in [3.8, 4) is 0 Å². The maximum Gasteiger partial charge on any atom is 0.315 e. The molecule has 0 aromatic heterocycles. The van der Waals surface area contributed by atoms with Gasteiger partial charge in [-0.1, -0.05) is 23.8 Å². The van der Waals surface area contributed by atoms with Gasteiger partial charge in [0, 0.05) is 13.1 Å². The fraction of sp³-hybridized carbons (Fsp3) is 0.417. The molecule has 15 heavy (non-hydrogen) atoms. The third kappa shape index (κ3) is 3.62. The maximum atomic E-state index is 11.2. The number of hydrogen-bond acceptors (Lipinski definition) is 1. The molecule has 3 heteroatoms. The molecular formula is C12H18N2O. The molecule has 1 aromatic carbocycles. The van der Waals surface area contributed by atoms with Crippen molar-refractivity contribution < 1.29 is 4.79 Å². The summed E-state index contributed by atoms with van der Waals surface area (Å²) in [6.07, 6.45) is 0. The first-order valence-electron chi connectivity index (χ1n) is 5.21. The standard InChI is InChI=1S/C12H18N2O/c1-4-13-12(15)14-8-11-7-9(2)5-6-10(11)3/h5-7H,4,8H2,1-3H3,(H2,13,14,15). The van der Waals surface area contributed by atoms with Crippen LogP contribution in [0, 0.1) is 13.8 Å². The summed E-state index contributed by atoms with van der Waals surface area (Å²) in [5.74, 6) is 0. The van der Waals surface area contributed by atoms with Gasteiger partial charge >= 0.3 is 6.03 Å². The number of rotatable bonds is 3. The predicted molar refractivity (Wildman–Crippen MR) is 61.8 cm³/mol. The van der Waals surface area contributed by atoms with Crippen LogP contribution in [0.1, 0.15) is 23.6 Å². The van der Waals surface area contributed by atoms with Crippen molar-refractivity contribution >= 4 is 6.03 Å². The molecule has 0 radical (unpaired) electrons. The molecule has 2 N–H and O–H groups in total. The highest BCUT2D eigenvalue weighted by Crippen LogP contribution is 2.09. The van der Waals surface area contributed by atoms with Crippen molar-refractivity contribution in [1.82, 2.24) is 10.6 Å². The van der Waals surface area contributed by atoms with Crippen LogP contribution in [0.15, 0.2) is 18.2 Å². The highest BCUT2D eigenvalue weighted by molar-refractivity contribution is 5.73. The average Bonchev–Trinajstić information content (AvgIpc) is 2.20. The summed E-state index contributed by atoms with van der Waals surface area (Å²) in [5, 5.41) is 5.52. The van der Waals surface area contributed by atoms with Crippen LogP contribution >= 0.6 is 0 Å². The summed E-state index contributed by atoms with van der Waals surface area (Å²) in [5.41, 5.74) is 3.59. The van der Waals surface area contributed by atoms with E-state index in [1.165, 1.54) is 16.7 Å². The summed E-state index contributed by atoms with van der Waals surface area (Å²) in [6, 6.07) is 6.13. The Labute approximate surface area is 90.9 Å². The van der Waals surface area contributed by atoms with Crippen LogP contribution in [-0.2, 0) is 6.54 Å². The van der Waals surface area contributed by atoms with E-state index >= 15 is 0 Å². The molecule has 82 valence electrons. The molecule has 0 saturated carbocycles. The fourth-order valence-electron chi connectivity index (χ4n) is 1.39. The topological polar surface area (TPSA) is 41.1 Å². The highest BCUT2D eigenvalue weighted by Gasteiger charge is 2.01. The average molecular weight is 206 g/mol. The van der Waals surface area contributed by atoms with Gasteiger partial charge in [-0.2, -0.15) is 0 Å². The van der Waals surface area contributed by atoms with Gasteiger partial charge in [-0.3, -0.25) is 0 Å². The number of hydrogen-bond donors (Lipinski definition) is 2. The zero-order chi connectivity index (χ0) is 11.3. The van der Waals surface area contributed by atoms with Crippen LogP contribution in [-0.4, -0.2) is 12.6 Å². The Hall–Kier alpha value is -1.51. The molecule has 0 unspecified atom stereocenters. The first kappa shape index (κ1) is 11.6. The second-order valence-corrected chi connectivity index (χ2v) is 3.64. The Balaban J connectivity index is 2.57. The van der Waals surface area contributed by atoms with Crippen molar-refractivity contribution in [2.24, 2.45) is 0 Å². The van der Waals surface area contributed by atoms with E-state index in [4.69, 9.17) is 0 Å². The van der Waals surface area contributed by atoms with Gasteiger partial charge in [-0.25, -0.2) is 4.79 Å². The van der Waals surface area contributed by atoms with Gasteiger partial charge in [0.25, 0.3) is 0 Å². The van der Waals surface area contributed by atoms with Crippen molar-refractivity contribution in [1.29, 1.82) is 0 Å². The lowest BCUT2D eigenvalue weighted by Crippen LogP contribution is -2.34. The number of carbonyl (C=O) groups excluding carboxylic acids is 1. The van der Waals surface area contributed by atoms with E-state index < -0.39 is 0 Å². The highest BCUT2D eigenvalue weighted by atomic mass is 16.2. The lowest BCUT2D eigenvalue weighted by Gasteiger charge is -2.09. The van der Waals surface area contributed by atoms with E-state index in [0.717, 1.165) is 0 Å². The Kier molecular flexibility index (Phi) is 4.16. The molecule has 0 aliphatic rings. The zero-order valence-electron chi connectivity index (χ0n) is 9.55. The maximum absolute atomic E-state index is 11.2. The monoisotopic (exact) mass is 206 g/mol. The normalized spacial score (nSPS) is 9.80. The molecule has 0 aliphatic heterocycles. The minimum atomic E-state index is -0.113. The summed E-state index contributed by atoms with van der Waals surface area (Å²) in [6.45, 7) is 7.23. The second-order valence-electron chi connectivity index (χ2n) is 3.64. The van der Waals surface area contributed by atoms with Crippen LogP contribution < -0.4 is 10.6 Å². The van der Waals surface area contributed by atoms with Crippen molar-refractivity contribution in [3.63, 3.8) is 0 Å². The number of aryl methyl sites for hydroxylation is 2. The molecule has 0 spiro atoms. The van der Waals surface area contributed by atoms with Crippen molar-refractivity contribution in [3.05, 3.63) is 34.9 Å². The molecule has 1 rings (SSSR count). The predicted octanol–water partition coefficient (Wildman–Crippen LogP) is 2.12. The minimum Gasteiger partial charge on any atom is -0.338 e. The SMILES string of the molecule is CCNC(=O)NCc1cc(C)ccc1C. The van der Waals surface area contributed by atoms with Crippen LogP contribution in [0.25, 0.3) is 0 Å². The number of amides is 2. The third-order valence-corrected chi connectivity index (χ3v) is 2.28. The Morgan fingerprint density at radius 2 is 2.00 bits per heavy atom. The van der Waals surface area contributed by atoms with Crippen molar-refractivity contribution in [2.45, 2.75) is 27.3 Å². The summed E-state index contributed by atoms with van der Waals surface area (Å²) >= 11 is 0. The van der Waals surface area contributed by atoms with Gasteiger partial charge in [0.1, 0.15) is 0 Å². The zero-order valence-corrected chi connectivity index (χ0v) is 9.55. The first-order valence-corrected chi connectivity index (χ1v) is 5.21. The van der Waals surface area contributed by atoms with Gasteiger partial charge in [0.15, 0.2) is 0 Å². The van der Waals surface area contributed by atoms with Gasteiger partial charge in [-0.05, 0) is 31.9 Å². The minimum absolute atomic E-state index is 0.113. The van der Waals surface area contributed by atoms with E-state index in [1.54, 1.807) is 0 Å². The second kappa shape index (κ2) is 5.39. The largest absolute Gasteiger partial charge is 0.338 e. The lowest BCUT2D eigenvalue weighted by molar-refractivity contribution is 0.241. The van der Waals surface area contributed by atoms with Gasteiger partial charge in [0.2, 0.25) is 0 Å². The molecule has 0 atom stereocenters. The molecule has 0 aliphatic carbocycles. The van der Waals surface area contributed by atoms with E-state index in [2.05, 4.69) is 35.8 Å². The molecule has 1 aromatic rings. The number of nitrogens with one attached hydrogen (secondary N) is 2. The number of urea groups is 1. The van der Waals surface area contributed by atoms with Crippen LogP contribution in [0.5, 0.6) is 0 Å². The smallest absolute Gasteiger partial charge is 0.315 e. The molecule has 2 amide bonds. The number of benzene rings is 1. The fourth-order valence-corrected chi connectivity index (χ4v) is 1.39. The van der Waals surface area contributed by atoms with E-state index in [0.29, 0.717) is 13.1 Å². The Morgan fingerprint density at radius 3 is 2.67 bits per heavy atom. The van der Waals surface area contributed by atoms with E-state index in [9.17, 15) is 4.79 Å². The molecule has 0 bridgehead atoms.